The van der Waals surface area contributed by atoms with Crippen molar-refractivity contribution in [1.82, 2.24) is 0 Å². The molecule has 2 saturated carbocycles. The minimum absolute atomic E-state index is 0.720. The lowest BCUT2D eigenvalue weighted by molar-refractivity contribution is 0.235. The van der Waals surface area contributed by atoms with Crippen molar-refractivity contribution in [2.75, 3.05) is 14.2 Å². The molecule has 0 heterocycles. The van der Waals surface area contributed by atoms with Gasteiger partial charge in [0.05, 0.1) is 0 Å². The Morgan fingerprint density at radius 1 is 1.00 bits per heavy atom. The second-order valence-electron chi connectivity index (χ2n) is 4.62. The highest BCUT2D eigenvalue weighted by molar-refractivity contribution is 6.72. The third kappa shape index (κ3) is 2.04. The Morgan fingerprint density at radius 2 is 1.57 bits per heavy atom. The van der Waals surface area contributed by atoms with Crippen LogP contribution in [0.5, 0.6) is 0 Å². The van der Waals surface area contributed by atoms with Crippen LogP contribution >= 0.6 is 0 Å². The first-order valence-electron chi connectivity index (χ1n) is 5.77. The van der Waals surface area contributed by atoms with Gasteiger partial charge in [-0.1, -0.05) is 25.7 Å². The van der Waals surface area contributed by atoms with Crippen LogP contribution in [0.25, 0.3) is 0 Å². The lowest BCUT2D eigenvalue weighted by Crippen LogP contribution is -2.46. The second kappa shape index (κ2) is 4.33. The van der Waals surface area contributed by atoms with Crippen molar-refractivity contribution >= 4 is 8.56 Å². The summed E-state index contributed by atoms with van der Waals surface area (Å²) in [5.41, 5.74) is 0.720. The van der Waals surface area contributed by atoms with Gasteiger partial charge in [-0.3, -0.25) is 0 Å². The topological polar surface area (TPSA) is 18.5 Å². The summed E-state index contributed by atoms with van der Waals surface area (Å²) in [6, 6.07) is 2.45. The van der Waals surface area contributed by atoms with E-state index in [1.807, 2.05) is 14.2 Å². The van der Waals surface area contributed by atoms with Crippen LogP contribution < -0.4 is 0 Å². The molecule has 2 fully saturated rings. The molecule has 0 aromatic carbocycles. The Hall–Kier alpha value is 0.137. The third-order valence-corrected chi connectivity index (χ3v) is 7.58. The van der Waals surface area contributed by atoms with Gasteiger partial charge in [0.2, 0.25) is 0 Å². The maximum Gasteiger partial charge on any atom is 0.344 e. The van der Waals surface area contributed by atoms with E-state index in [2.05, 4.69) is 6.04 Å². The number of rotatable bonds is 5. The number of hydrogen-bond acceptors (Lipinski definition) is 2. The maximum absolute atomic E-state index is 5.78. The largest absolute Gasteiger partial charge is 0.397 e. The average Bonchev–Trinajstić information content (AvgIpc) is 2.85. The van der Waals surface area contributed by atoms with Crippen LogP contribution in [-0.4, -0.2) is 22.8 Å². The van der Waals surface area contributed by atoms with Crippen molar-refractivity contribution in [2.45, 2.75) is 44.1 Å². The van der Waals surface area contributed by atoms with Gasteiger partial charge in [-0.05, 0) is 18.8 Å². The van der Waals surface area contributed by atoms with Crippen LogP contribution in [0, 0.1) is 12.0 Å². The van der Waals surface area contributed by atoms with E-state index in [9.17, 15) is 0 Å². The molecule has 1 radical (unpaired) electrons. The molecule has 81 valence electrons. The zero-order valence-corrected chi connectivity index (χ0v) is 10.3. The lowest BCUT2D eigenvalue weighted by atomic mass is 10.4. The fraction of sp³-hybridized carbons (Fsp3) is 0.909. The van der Waals surface area contributed by atoms with E-state index in [1.54, 1.807) is 0 Å². The van der Waals surface area contributed by atoms with E-state index in [0.717, 1.165) is 11.5 Å². The van der Waals surface area contributed by atoms with Crippen LogP contribution in [0.4, 0.5) is 0 Å². The van der Waals surface area contributed by atoms with E-state index in [1.165, 1.54) is 38.5 Å². The van der Waals surface area contributed by atoms with Crippen LogP contribution in [0.3, 0.4) is 0 Å². The van der Waals surface area contributed by atoms with Gasteiger partial charge in [-0.2, -0.15) is 0 Å². The maximum atomic E-state index is 5.78. The summed E-state index contributed by atoms with van der Waals surface area (Å²) in [4.78, 5) is 0. The molecule has 0 spiro atoms. The molecule has 0 N–H and O–H groups in total. The SMILES string of the molecule is CO[Si]([CH]C1CC1)(OC)C1CCCC1. The van der Waals surface area contributed by atoms with Gasteiger partial charge >= 0.3 is 8.56 Å². The van der Waals surface area contributed by atoms with Gasteiger partial charge in [0.15, 0.2) is 0 Å². The predicted molar refractivity (Wildman–Crippen MR) is 59.0 cm³/mol. The average molecular weight is 213 g/mol. The fourth-order valence-corrected chi connectivity index (χ4v) is 6.19. The molecule has 0 aromatic heterocycles. The zero-order chi connectivity index (χ0) is 10.0. The summed E-state index contributed by atoms with van der Waals surface area (Å²) >= 11 is 0. The summed E-state index contributed by atoms with van der Waals surface area (Å²) in [5, 5.41) is 0. The van der Waals surface area contributed by atoms with E-state index < -0.39 is 8.56 Å². The first-order valence-corrected chi connectivity index (χ1v) is 7.74. The summed E-state index contributed by atoms with van der Waals surface area (Å²) in [5.74, 6) is 0.808. The van der Waals surface area contributed by atoms with E-state index in [4.69, 9.17) is 8.85 Å². The van der Waals surface area contributed by atoms with Crippen molar-refractivity contribution in [3.63, 3.8) is 0 Å². The predicted octanol–water partition coefficient (Wildman–Crippen LogP) is 2.82. The van der Waals surface area contributed by atoms with Gasteiger partial charge < -0.3 is 8.85 Å². The Balaban J connectivity index is 2.01. The molecular formula is C11H21O2Si. The Bertz CT molecular complexity index is 182. The molecule has 0 aromatic rings. The van der Waals surface area contributed by atoms with Crippen LogP contribution in [-0.2, 0) is 8.85 Å². The Morgan fingerprint density at radius 3 is 2.00 bits per heavy atom. The molecule has 0 unspecified atom stereocenters. The van der Waals surface area contributed by atoms with Gasteiger partial charge in [0, 0.05) is 25.8 Å². The van der Waals surface area contributed by atoms with Crippen LogP contribution in [0.15, 0.2) is 0 Å². The fourth-order valence-electron chi connectivity index (χ4n) is 2.61. The molecule has 3 heteroatoms. The molecular weight excluding hydrogens is 192 g/mol. The first kappa shape index (κ1) is 10.6. The van der Waals surface area contributed by atoms with Crippen molar-refractivity contribution in [3.8, 4) is 0 Å². The minimum Gasteiger partial charge on any atom is -0.397 e. The molecule has 0 amide bonds. The summed E-state index contributed by atoms with van der Waals surface area (Å²) in [6.45, 7) is 0. The highest BCUT2D eigenvalue weighted by Crippen LogP contribution is 2.45. The third-order valence-electron chi connectivity index (χ3n) is 3.65. The molecule has 2 rings (SSSR count). The summed E-state index contributed by atoms with van der Waals surface area (Å²) in [6.07, 6.45) is 8.08. The van der Waals surface area contributed by atoms with Crippen molar-refractivity contribution < 1.29 is 8.85 Å². The van der Waals surface area contributed by atoms with Crippen molar-refractivity contribution in [3.05, 3.63) is 6.04 Å². The second-order valence-corrected chi connectivity index (χ2v) is 8.02. The van der Waals surface area contributed by atoms with Crippen LogP contribution in [0.1, 0.15) is 38.5 Å². The smallest absolute Gasteiger partial charge is 0.344 e. The summed E-state index contributed by atoms with van der Waals surface area (Å²) in [7, 11) is 1.74. The first-order chi connectivity index (χ1) is 6.80. The monoisotopic (exact) mass is 213 g/mol. The lowest BCUT2D eigenvalue weighted by Gasteiger charge is -2.32. The van der Waals surface area contributed by atoms with Crippen molar-refractivity contribution in [2.24, 2.45) is 5.92 Å². The number of hydrogen-bond donors (Lipinski definition) is 0. The highest BCUT2D eigenvalue weighted by atomic mass is 28.4. The van der Waals surface area contributed by atoms with E-state index in [0.29, 0.717) is 0 Å². The highest BCUT2D eigenvalue weighted by Gasteiger charge is 2.48. The molecule has 0 aliphatic heterocycles. The molecule has 0 saturated heterocycles. The minimum atomic E-state index is -1.94. The van der Waals surface area contributed by atoms with Gasteiger partial charge in [0.25, 0.3) is 0 Å². The quantitative estimate of drug-likeness (QED) is 0.654. The standard InChI is InChI=1S/C11H21O2Si/c1-12-14(13-2,9-10-7-8-10)11-5-3-4-6-11/h9-11H,3-8H2,1-2H3. The van der Waals surface area contributed by atoms with E-state index >= 15 is 0 Å². The Labute approximate surface area is 88.2 Å². The normalized spacial score (nSPS) is 24.4. The molecule has 0 atom stereocenters. The van der Waals surface area contributed by atoms with Gasteiger partial charge in [-0.15, -0.1) is 0 Å². The van der Waals surface area contributed by atoms with Gasteiger partial charge in [-0.25, -0.2) is 0 Å². The molecule has 2 aliphatic rings. The van der Waals surface area contributed by atoms with Crippen molar-refractivity contribution in [1.29, 1.82) is 0 Å². The van der Waals surface area contributed by atoms with Crippen LogP contribution in [0.2, 0.25) is 5.54 Å². The van der Waals surface area contributed by atoms with Gasteiger partial charge in [0.1, 0.15) is 0 Å². The Kier molecular flexibility index (Phi) is 3.29. The molecule has 14 heavy (non-hydrogen) atoms. The molecule has 2 nitrogen and oxygen atoms in total. The zero-order valence-electron chi connectivity index (χ0n) is 9.29. The van der Waals surface area contributed by atoms with E-state index in [-0.39, 0.29) is 0 Å². The summed E-state index contributed by atoms with van der Waals surface area (Å²) < 4.78 is 11.6. The molecule has 0 bridgehead atoms. The molecule has 2 aliphatic carbocycles.